The number of alkyl halides is 1. The summed E-state index contributed by atoms with van der Waals surface area (Å²) in [6.45, 7) is 4.08. The van der Waals surface area contributed by atoms with Crippen LogP contribution in [0.2, 0.25) is 0 Å². The van der Waals surface area contributed by atoms with Crippen LogP contribution in [0.5, 0.6) is 11.5 Å². The summed E-state index contributed by atoms with van der Waals surface area (Å²) in [5.41, 5.74) is 1.09. The van der Waals surface area contributed by atoms with Crippen molar-refractivity contribution in [3.8, 4) is 11.5 Å². The number of thiol groups is 1. The van der Waals surface area contributed by atoms with Gasteiger partial charge in [0.25, 0.3) is 0 Å². The minimum Gasteiger partial charge on any atom is -0.507 e. The zero-order valence-electron chi connectivity index (χ0n) is 12.6. The van der Waals surface area contributed by atoms with Crippen molar-refractivity contribution in [1.82, 2.24) is 0 Å². The summed E-state index contributed by atoms with van der Waals surface area (Å²) in [6.07, 6.45) is 3.48. The van der Waals surface area contributed by atoms with Crippen molar-refractivity contribution in [2.24, 2.45) is 0 Å². The van der Waals surface area contributed by atoms with Gasteiger partial charge in [-0.1, -0.05) is 29.3 Å². The number of hydrogen-bond acceptors (Lipinski definition) is 4. The molecule has 1 aromatic carbocycles. The van der Waals surface area contributed by atoms with E-state index in [9.17, 15) is 9.90 Å². The van der Waals surface area contributed by atoms with E-state index in [0.29, 0.717) is 29.2 Å². The van der Waals surface area contributed by atoms with E-state index in [4.69, 9.17) is 4.74 Å². The number of carbonyl (C=O) groups excluding carboxylic acids is 1. The third-order valence-corrected chi connectivity index (χ3v) is 4.96. The van der Waals surface area contributed by atoms with Crippen LogP contribution in [0.15, 0.2) is 12.1 Å². The van der Waals surface area contributed by atoms with E-state index in [1.165, 1.54) is 6.92 Å². The molecular formula is C16H23BrO3S. The third-order valence-electron chi connectivity index (χ3n) is 3.24. The van der Waals surface area contributed by atoms with E-state index in [1.54, 1.807) is 12.1 Å². The lowest BCUT2D eigenvalue weighted by Crippen LogP contribution is -2.06. The first-order chi connectivity index (χ1) is 10.0. The van der Waals surface area contributed by atoms with E-state index in [-0.39, 0.29) is 11.5 Å². The SMILES string of the molecule is CCCc1c(OCCC[C@H](Br)CS)ccc(C(C)=O)c1O. The van der Waals surface area contributed by atoms with Crippen molar-refractivity contribution in [3.63, 3.8) is 0 Å². The summed E-state index contributed by atoms with van der Waals surface area (Å²) in [4.78, 5) is 11.9. The van der Waals surface area contributed by atoms with Crippen LogP contribution in [0.3, 0.4) is 0 Å². The Morgan fingerprint density at radius 2 is 2.19 bits per heavy atom. The second-order valence-corrected chi connectivity index (χ2v) is 6.68. The number of ether oxygens (including phenoxy) is 1. The molecule has 0 heterocycles. The van der Waals surface area contributed by atoms with Gasteiger partial charge in [0.15, 0.2) is 5.78 Å². The van der Waals surface area contributed by atoms with Crippen molar-refractivity contribution >= 4 is 34.3 Å². The van der Waals surface area contributed by atoms with E-state index in [1.807, 2.05) is 6.92 Å². The van der Waals surface area contributed by atoms with Gasteiger partial charge in [0.05, 0.1) is 12.2 Å². The van der Waals surface area contributed by atoms with Crippen LogP contribution in [-0.2, 0) is 6.42 Å². The molecule has 1 rings (SSSR count). The van der Waals surface area contributed by atoms with Gasteiger partial charge in [0.2, 0.25) is 0 Å². The van der Waals surface area contributed by atoms with Crippen LogP contribution in [0.25, 0.3) is 0 Å². The average molecular weight is 375 g/mol. The Bertz CT molecular complexity index is 477. The molecule has 0 unspecified atom stereocenters. The Morgan fingerprint density at radius 3 is 2.76 bits per heavy atom. The molecule has 0 spiro atoms. The number of rotatable bonds is 9. The Balaban J connectivity index is 2.77. The third kappa shape index (κ3) is 5.55. The van der Waals surface area contributed by atoms with E-state index >= 15 is 0 Å². The summed E-state index contributed by atoms with van der Waals surface area (Å²) in [5, 5.41) is 10.2. The van der Waals surface area contributed by atoms with Crippen molar-refractivity contribution in [3.05, 3.63) is 23.3 Å². The molecule has 118 valence electrons. The zero-order valence-corrected chi connectivity index (χ0v) is 15.0. The molecule has 0 aliphatic carbocycles. The van der Waals surface area contributed by atoms with Gasteiger partial charge in [-0.25, -0.2) is 0 Å². The van der Waals surface area contributed by atoms with Gasteiger partial charge in [0, 0.05) is 16.1 Å². The number of carbonyl (C=O) groups is 1. The number of phenols is 1. The van der Waals surface area contributed by atoms with Crippen LogP contribution in [-0.4, -0.2) is 28.1 Å². The fourth-order valence-electron chi connectivity index (χ4n) is 2.11. The van der Waals surface area contributed by atoms with Gasteiger partial charge in [-0.3, -0.25) is 4.79 Å². The first-order valence-corrected chi connectivity index (χ1v) is 8.79. The van der Waals surface area contributed by atoms with Crippen molar-refractivity contribution in [2.75, 3.05) is 12.4 Å². The van der Waals surface area contributed by atoms with Crippen molar-refractivity contribution in [2.45, 2.75) is 44.4 Å². The number of aromatic hydroxyl groups is 1. The summed E-state index contributed by atoms with van der Waals surface area (Å²) in [6, 6.07) is 3.42. The molecular weight excluding hydrogens is 352 g/mol. The summed E-state index contributed by atoms with van der Waals surface area (Å²) >= 11 is 7.75. The minimum absolute atomic E-state index is 0.0653. The lowest BCUT2D eigenvalue weighted by atomic mass is 10.0. The molecule has 21 heavy (non-hydrogen) atoms. The minimum atomic E-state index is -0.132. The van der Waals surface area contributed by atoms with Crippen LogP contribution >= 0.6 is 28.6 Å². The number of hydrogen-bond donors (Lipinski definition) is 2. The monoisotopic (exact) mass is 374 g/mol. The molecule has 3 nitrogen and oxygen atoms in total. The number of halogens is 1. The van der Waals surface area contributed by atoms with Gasteiger partial charge in [-0.05, 0) is 38.3 Å². The first kappa shape index (κ1) is 18.4. The first-order valence-electron chi connectivity index (χ1n) is 7.24. The van der Waals surface area contributed by atoms with Crippen LogP contribution in [0.1, 0.15) is 49.0 Å². The number of Topliss-reactive ketones (excluding diaryl/α,β-unsaturated/α-hetero) is 1. The molecule has 1 atom stereocenters. The quantitative estimate of drug-likeness (QED) is 0.291. The molecule has 0 saturated carbocycles. The molecule has 0 fully saturated rings. The van der Waals surface area contributed by atoms with E-state index in [2.05, 4.69) is 28.6 Å². The Morgan fingerprint density at radius 1 is 1.48 bits per heavy atom. The van der Waals surface area contributed by atoms with Crippen LogP contribution in [0, 0.1) is 0 Å². The van der Waals surface area contributed by atoms with Crippen LogP contribution in [0.4, 0.5) is 0 Å². The lowest BCUT2D eigenvalue weighted by molar-refractivity contribution is 0.101. The largest absolute Gasteiger partial charge is 0.507 e. The normalized spacial score (nSPS) is 12.2. The Kier molecular flexibility index (Phi) is 8.19. The summed E-state index contributed by atoms with van der Waals surface area (Å²) in [5.74, 6) is 1.41. The van der Waals surface area contributed by atoms with Gasteiger partial charge >= 0.3 is 0 Å². The second kappa shape index (κ2) is 9.36. The fourth-order valence-corrected chi connectivity index (χ4v) is 2.61. The molecule has 0 aliphatic rings. The maximum Gasteiger partial charge on any atom is 0.163 e. The van der Waals surface area contributed by atoms with Crippen molar-refractivity contribution < 1.29 is 14.6 Å². The predicted molar refractivity (Wildman–Crippen MR) is 93.4 cm³/mol. The molecule has 1 aromatic rings. The van der Waals surface area contributed by atoms with Gasteiger partial charge in [-0.15, -0.1) is 0 Å². The highest BCUT2D eigenvalue weighted by Gasteiger charge is 2.15. The average Bonchev–Trinajstić information content (AvgIpc) is 2.46. The highest BCUT2D eigenvalue weighted by molar-refractivity contribution is 9.09. The number of phenolic OH excluding ortho intramolecular Hbond substituents is 1. The van der Waals surface area contributed by atoms with Gasteiger partial charge in [0.1, 0.15) is 11.5 Å². The predicted octanol–water partition coefficient (Wildman–Crippen LogP) is 4.40. The van der Waals surface area contributed by atoms with Crippen LogP contribution < -0.4 is 4.74 Å². The smallest absolute Gasteiger partial charge is 0.163 e. The molecule has 0 saturated heterocycles. The second-order valence-electron chi connectivity index (χ2n) is 5.02. The molecule has 1 N–H and O–H groups in total. The topological polar surface area (TPSA) is 46.5 Å². The van der Waals surface area contributed by atoms with E-state index < -0.39 is 0 Å². The maximum absolute atomic E-state index is 11.5. The molecule has 0 radical (unpaired) electrons. The Hall–Kier alpha value is -0.680. The van der Waals surface area contributed by atoms with Gasteiger partial charge < -0.3 is 9.84 Å². The summed E-state index contributed by atoms with van der Waals surface area (Å²) in [7, 11) is 0. The molecule has 0 aliphatic heterocycles. The molecule has 0 bridgehead atoms. The lowest BCUT2D eigenvalue weighted by Gasteiger charge is -2.15. The number of ketones is 1. The van der Waals surface area contributed by atoms with E-state index in [0.717, 1.165) is 30.6 Å². The zero-order chi connectivity index (χ0) is 15.8. The standard InChI is InChI=1S/C16H23BrO3S/c1-3-5-14-15(20-9-4-6-12(17)10-21)8-7-13(11(2)18)16(14)19/h7-8,12,19,21H,3-6,9-10H2,1-2H3/t12-/m0/s1. The molecule has 0 amide bonds. The highest BCUT2D eigenvalue weighted by atomic mass is 79.9. The molecule has 0 aromatic heterocycles. The fraction of sp³-hybridized carbons (Fsp3) is 0.562. The van der Waals surface area contributed by atoms with Gasteiger partial charge in [-0.2, -0.15) is 12.6 Å². The van der Waals surface area contributed by atoms with Crippen molar-refractivity contribution in [1.29, 1.82) is 0 Å². The highest BCUT2D eigenvalue weighted by Crippen LogP contribution is 2.33. The Labute approximate surface area is 140 Å². The maximum atomic E-state index is 11.5. The molecule has 5 heteroatoms. The summed E-state index contributed by atoms with van der Waals surface area (Å²) < 4.78 is 5.78. The number of benzene rings is 1.